The van der Waals surface area contributed by atoms with Crippen molar-refractivity contribution in [1.29, 1.82) is 0 Å². The molecule has 176 valence electrons. The van der Waals surface area contributed by atoms with Gasteiger partial charge in [-0.3, -0.25) is 4.79 Å². The Morgan fingerprint density at radius 2 is 1.73 bits per heavy atom. The van der Waals surface area contributed by atoms with Crippen molar-refractivity contribution in [2.24, 2.45) is 0 Å². The molecule has 0 aliphatic carbocycles. The molecule has 2 aromatic carbocycles. The van der Waals surface area contributed by atoms with Crippen LogP contribution in [-0.4, -0.2) is 33.0 Å². The molecule has 4 rings (SSSR count). The van der Waals surface area contributed by atoms with Crippen LogP contribution in [-0.2, 0) is 17.8 Å². The van der Waals surface area contributed by atoms with Crippen molar-refractivity contribution < 1.29 is 15.0 Å². The topological polar surface area (TPSA) is 73.7 Å². The van der Waals surface area contributed by atoms with Gasteiger partial charge in [0.25, 0.3) is 0 Å². The van der Waals surface area contributed by atoms with Crippen LogP contribution in [0.25, 0.3) is 21.6 Å². The van der Waals surface area contributed by atoms with Crippen LogP contribution in [0.4, 0.5) is 5.69 Å². The fourth-order valence-electron chi connectivity index (χ4n) is 4.08. The number of fused-ring (bicyclic) bond motifs is 3. The number of carboxylic acid groups (broad SMARTS) is 1. The molecule has 0 fully saturated rings. The summed E-state index contributed by atoms with van der Waals surface area (Å²) in [6, 6.07) is 8.36. The maximum Gasteiger partial charge on any atom is 0.307 e. The standard InChI is InChI=1S/C22H22N2O2S2.C4H10O/c1-12-5-7-15(8-6-12)19-14(3)20-21(13(2)16(19)9-18(25)26)24(27-4)10-17-22(20)28-11-23-17;1-4(2,3)5/h5-8,11H,9-10H2,1-4H3,(H,25,26);5H,1-3H3. The lowest BCUT2D eigenvalue weighted by atomic mass is 9.83. The predicted molar refractivity (Wildman–Crippen MR) is 140 cm³/mol. The number of aliphatic carboxylic acids is 1. The third kappa shape index (κ3) is 5.60. The van der Waals surface area contributed by atoms with Crippen LogP contribution in [0, 0.1) is 20.8 Å². The molecule has 33 heavy (non-hydrogen) atoms. The molecule has 1 aromatic heterocycles. The molecule has 0 saturated heterocycles. The molecule has 0 amide bonds. The zero-order chi connectivity index (χ0) is 24.5. The summed E-state index contributed by atoms with van der Waals surface area (Å²) in [4.78, 5) is 17.5. The number of benzene rings is 2. The Bertz CT molecular complexity index is 1160. The quantitative estimate of drug-likeness (QED) is 0.417. The largest absolute Gasteiger partial charge is 0.481 e. The molecule has 1 aliphatic heterocycles. The second kappa shape index (κ2) is 9.87. The minimum Gasteiger partial charge on any atom is -0.481 e. The monoisotopic (exact) mass is 484 g/mol. The van der Waals surface area contributed by atoms with Crippen molar-refractivity contribution in [3.63, 3.8) is 0 Å². The van der Waals surface area contributed by atoms with Crippen molar-refractivity contribution in [3.8, 4) is 21.6 Å². The number of nitrogens with zero attached hydrogens (tertiary/aromatic N) is 2. The van der Waals surface area contributed by atoms with Gasteiger partial charge in [-0.05, 0) is 69.4 Å². The lowest BCUT2D eigenvalue weighted by Crippen LogP contribution is -2.22. The van der Waals surface area contributed by atoms with Crippen molar-refractivity contribution in [2.45, 2.75) is 60.1 Å². The molecule has 5 nitrogen and oxygen atoms in total. The van der Waals surface area contributed by atoms with Gasteiger partial charge >= 0.3 is 5.97 Å². The van der Waals surface area contributed by atoms with E-state index in [1.54, 1.807) is 44.1 Å². The highest BCUT2D eigenvalue weighted by atomic mass is 32.2. The summed E-state index contributed by atoms with van der Waals surface area (Å²) >= 11 is 3.33. The van der Waals surface area contributed by atoms with Gasteiger partial charge in [-0.2, -0.15) is 0 Å². The number of aliphatic hydroxyl groups is 1. The highest BCUT2D eigenvalue weighted by Gasteiger charge is 2.31. The van der Waals surface area contributed by atoms with Crippen LogP contribution in [0.15, 0.2) is 29.8 Å². The van der Waals surface area contributed by atoms with E-state index in [2.05, 4.69) is 60.6 Å². The minimum atomic E-state index is -0.805. The summed E-state index contributed by atoms with van der Waals surface area (Å²) in [5, 5.41) is 18.1. The van der Waals surface area contributed by atoms with Crippen molar-refractivity contribution in [1.82, 2.24) is 4.98 Å². The third-order valence-corrected chi connectivity index (χ3v) is 7.03. The molecule has 0 saturated carbocycles. The van der Waals surface area contributed by atoms with E-state index in [1.165, 1.54) is 16.0 Å². The SMILES string of the molecule is CC(C)(C)O.CSN1Cc2ncsc2-c2c(C)c(-c3ccc(C)cc3)c(CC(=O)O)c(C)c21. The summed E-state index contributed by atoms with van der Waals surface area (Å²) in [6.07, 6.45) is 2.07. The first-order valence-corrected chi connectivity index (χ1v) is 12.9. The molecule has 0 spiro atoms. The Hall–Kier alpha value is -2.35. The van der Waals surface area contributed by atoms with E-state index < -0.39 is 11.6 Å². The molecule has 0 unspecified atom stereocenters. The zero-order valence-corrected chi connectivity index (χ0v) is 21.9. The number of hydrogen-bond acceptors (Lipinski definition) is 6. The first kappa shape index (κ1) is 25.3. The Morgan fingerprint density at radius 1 is 1.12 bits per heavy atom. The summed E-state index contributed by atoms with van der Waals surface area (Å²) in [6.45, 7) is 12.2. The first-order chi connectivity index (χ1) is 15.4. The first-order valence-electron chi connectivity index (χ1n) is 10.8. The predicted octanol–water partition coefficient (Wildman–Crippen LogP) is 6.40. The van der Waals surface area contributed by atoms with E-state index in [9.17, 15) is 9.90 Å². The van der Waals surface area contributed by atoms with Crippen LogP contribution in [0.2, 0.25) is 0 Å². The van der Waals surface area contributed by atoms with Crippen molar-refractivity contribution >= 4 is 34.9 Å². The van der Waals surface area contributed by atoms with E-state index in [1.807, 2.05) is 5.51 Å². The number of aromatic nitrogens is 1. The molecule has 2 heterocycles. The van der Waals surface area contributed by atoms with Gasteiger partial charge in [0, 0.05) is 11.8 Å². The third-order valence-electron chi connectivity index (χ3n) is 5.40. The van der Waals surface area contributed by atoms with Gasteiger partial charge in [-0.1, -0.05) is 41.8 Å². The number of anilines is 1. The van der Waals surface area contributed by atoms with Gasteiger partial charge in [0.1, 0.15) is 0 Å². The van der Waals surface area contributed by atoms with Crippen molar-refractivity contribution in [3.05, 3.63) is 57.7 Å². The highest BCUT2D eigenvalue weighted by Crippen LogP contribution is 2.51. The zero-order valence-electron chi connectivity index (χ0n) is 20.3. The second-order valence-electron chi connectivity index (χ2n) is 9.28. The van der Waals surface area contributed by atoms with Gasteiger partial charge in [-0.25, -0.2) is 4.98 Å². The van der Waals surface area contributed by atoms with E-state index in [0.29, 0.717) is 0 Å². The van der Waals surface area contributed by atoms with Crippen LogP contribution in [0.1, 0.15) is 48.7 Å². The van der Waals surface area contributed by atoms with E-state index >= 15 is 0 Å². The summed E-state index contributed by atoms with van der Waals surface area (Å²) in [7, 11) is 0. The smallest absolute Gasteiger partial charge is 0.307 e. The molecule has 2 N–H and O–H groups in total. The van der Waals surface area contributed by atoms with Crippen LogP contribution >= 0.6 is 23.3 Å². The number of rotatable bonds is 4. The normalized spacial score (nSPS) is 12.5. The van der Waals surface area contributed by atoms with Crippen molar-refractivity contribution in [2.75, 3.05) is 10.6 Å². The number of carboxylic acids is 1. The molecule has 1 aliphatic rings. The molecule has 0 bridgehead atoms. The Labute approximate surface area is 204 Å². The van der Waals surface area contributed by atoms with Gasteiger partial charge in [0.05, 0.1) is 40.3 Å². The average molecular weight is 485 g/mol. The molecular weight excluding hydrogens is 452 g/mol. The summed E-state index contributed by atoms with van der Waals surface area (Å²) < 4.78 is 2.24. The molecule has 0 radical (unpaired) electrons. The maximum atomic E-state index is 11.7. The second-order valence-corrected chi connectivity index (χ2v) is 10.9. The average Bonchev–Trinajstić information content (AvgIpc) is 3.18. The number of aryl methyl sites for hydroxylation is 1. The van der Waals surface area contributed by atoms with Crippen LogP contribution in [0.3, 0.4) is 0 Å². The number of carbonyl (C=O) groups is 1. The fourth-order valence-corrected chi connectivity index (χ4v) is 5.64. The fraction of sp³-hybridized carbons (Fsp3) is 0.385. The minimum absolute atomic E-state index is 0.0148. The lowest BCUT2D eigenvalue weighted by Gasteiger charge is -2.33. The van der Waals surface area contributed by atoms with Gasteiger partial charge in [-0.15, -0.1) is 11.3 Å². The Morgan fingerprint density at radius 3 is 2.27 bits per heavy atom. The number of hydrogen-bond donors (Lipinski definition) is 2. The van der Waals surface area contributed by atoms with Crippen LogP contribution in [0.5, 0.6) is 0 Å². The summed E-state index contributed by atoms with van der Waals surface area (Å²) in [5.74, 6) is -0.805. The van der Waals surface area contributed by atoms with Gasteiger partial charge in [0.2, 0.25) is 0 Å². The van der Waals surface area contributed by atoms with Gasteiger partial charge < -0.3 is 14.5 Å². The maximum absolute atomic E-state index is 11.7. The van der Waals surface area contributed by atoms with Crippen LogP contribution < -0.4 is 4.31 Å². The van der Waals surface area contributed by atoms with E-state index in [4.69, 9.17) is 5.11 Å². The molecule has 7 heteroatoms. The molecular formula is C26H32N2O3S2. The Balaban J connectivity index is 0.000000555. The lowest BCUT2D eigenvalue weighted by molar-refractivity contribution is -0.136. The van der Waals surface area contributed by atoms with Gasteiger partial charge in [0.15, 0.2) is 0 Å². The highest BCUT2D eigenvalue weighted by molar-refractivity contribution is 7.99. The number of thiazole rings is 1. The van der Waals surface area contributed by atoms with E-state index in [0.717, 1.165) is 45.7 Å². The molecule has 3 aromatic rings. The van der Waals surface area contributed by atoms with E-state index in [-0.39, 0.29) is 6.42 Å². The summed E-state index contributed by atoms with van der Waals surface area (Å²) in [5.41, 5.74) is 11.2. The molecule has 0 atom stereocenters. The Kier molecular flexibility index (Phi) is 7.56.